The Kier molecular flexibility index (Phi) is 4.13. The number of carbonyl (C=O) groups is 4. The van der Waals surface area contributed by atoms with Crippen LogP contribution in [-0.2, 0) is 14.4 Å². The number of piperazine rings is 1. The zero-order valence-corrected chi connectivity index (χ0v) is 11.0. The Balaban J connectivity index is 2.87. The maximum atomic E-state index is 12.0. The molecule has 0 radical (unpaired) electrons. The predicted octanol–water partition coefficient (Wildman–Crippen LogP) is -0.704. The number of rotatable bonds is 3. The Labute approximate surface area is 110 Å². The van der Waals surface area contributed by atoms with E-state index in [9.17, 15) is 19.2 Å². The summed E-state index contributed by atoms with van der Waals surface area (Å²) < 4.78 is 0. The van der Waals surface area contributed by atoms with E-state index in [1.165, 1.54) is 13.8 Å². The first-order valence-corrected chi connectivity index (χ1v) is 5.85. The van der Waals surface area contributed by atoms with Crippen molar-refractivity contribution in [3.63, 3.8) is 0 Å². The average Bonchev–Trinajstić information content (AvgIpc) is 2.27. The number of nitrogens with one attached hydrogen (secondary N) is 2. The number of carboxylic acids is 1. The van der Waals surface area contributed by atoms with Crippen LogP contribution in [0.25, 0.3) is 0 Å². The van der Waals surface area contributed by atoms with Gasteiger partial charge in [-0.3, -0.25) is 14.9 Å². The zero-order chi connectivity index (χ0) is 14.8. The Morgan fingerprint density at radius 3 is 2.53 bits per heavy atom. The SMILES string of the molecule is CCC1C(=O)NC(=O)CN1C(=O)NC(C)(C)C(=O)O. The molecule has 1 saturated heterocycles. The molecular weight excluding hydrogens is 254 g/mol. The molecule has 0 bridgehead atoms. The number of hydrogen-bond acceptors (Lipinski definition) is 4. The number of urea groups is 1. The zero-order valence-electron chi connectivity index (χ0n) is 11.0. The molecule has 0 aromatic rings. The molecule has 1 unspecified atom stereocenters. The summed E-state index contributed by atoms with van der Waals surface area (Å²) in [6, 6.07) is -1.52. The van der Waals surface area contributed by atoms with Crippen LogP contribution in [0.2, 0.25) is 0 Å². The molecule has 0 aromatic carbocycles. The normalized spacial score (nSPS) is 19.9. The van der Waals surface area contributed by atoms with E-state index in [0.29, 0.717) is 6.42 Å². The van der Waals surface area contributed by atoms with Crippen LogP contribution in [-0.4, -0.2) is 51.9 Å². The summed E-state index contributed by atoms with van der Waals surface area (Å²) in [5, 5.41) is 13.4. The number of carbonyl (C=O) groups excluding carboxylic acids is 3. The van der Waals surface area contributed by atoms with Crippen LogP contribution in [0.4, 0.5) is 4.79 Å². The lowest BCUT2D eigenvalue weighted by Crippen LogP contribution is -2.64. The molecule has 0 spiro atoms. The Morgan fingerprint density at radius 2 is 2.05 bits per heavy atom. The summed E-state index contributed by atoms with van der Waals surface area (Å²) in [5.41, 5.74) is -1.48. The van der Waals surface area contributed by atoms with Gasteiger partial charge >= 0.3 is 12.0 Å². The molecule has 0 aliphatic carbocycles. The molecule has 8 heteroatoms. The number of hydrogen-bond donors (Lipinski definition) is 3. The van der Waals surface area contributed by atoms with Gasteiger partial charge in [0.2, 0.25) is 11.8 Å². The van der Waals surface area contributed by atoms with Gasteiger partial charge in [-0.15, -0.1) is 0 Å². The fourth-order valence-electron chi connectivity index (χ4n) is 1.68. The van der Waals surface area contributed by atoms with Crippen molar-refractivity contribution >= 4 is 23.8 Å². The van der Waals surface area contributed by atoms with Crippen LogP contribution in [0.3, 0.4) is 0 Å². The lowest BCUT2D eigenvalue weighted by Gasteiger charge is -2.35. The minimum atomic E-state index is -1.48. The van der Waals surface area contributed by atoms with Crippen molar-refractivity contribution < 1.29 is 24.3 Å². The van der Waals surface area contributed by atoms with Gasteiger partial charge in [-0.25, -0.2) is 9.59 Å². The van der Waals surface area contributed by atoms with Crippen LogP contribution in [0, 0.1) is 0 Å². The lowest BCUT2D eigenvalue weighted by atomic mass is 10.1. The first-order chi connectivity index (χ1) is 8.69. The first kappa shape index (κ1) is 14.9. The molecule has 1 fully saturated rings. The lowest BCUT2D eigenvalue weighted by molar-refractivity contribution is -0.143. The molecule has 1 aliphatic heterocycles. The van der Waals surface area contributed by atoms with Gasteiger partial charge in [-0.1, -0.05) is 6.92 Å². The highest BCUT2D eigenvalue weighted by atomic mass is 16.4. The van der Waals surface area contributed by atoms with E-state index in [2.05, 4.69) is 10.6 Å². The summed E-state index contributed by atoms with van der Waals surface area (Å²) in [7, 11) is 0. The molecule has 1 rings (SSSR count). The molecular formula is C11H17N3O5. The third kappa shape index (κ3) is 3.21. The Bertz CT molecular complexity index is 432. The molecule has 0 aromatic heterocycles. The van der Waals surface area contributed by atoms with Crippen LogP contribution >= 0.6 is 0 Å². The summed E-state index contributed by atoms with van der Waals surface area (Å²) in [4.78, 5) is 46.8. The van der Waals surface area contributed by atoms with Gasteiger partial charge in [-0.2, -0.15) is 0 Å². The fraction of sp³-hybridized carbons (Fsp3) is 0.636. The van der Waals surface area contributed by atoms with Crippen molar-refractivity contribution in [2.45, 2.75) is 38.8 Å². The maximum Gasteiger partial charge on any atom is 0.328 e. The van der Waals surface area contributed by atoms with E-state index in [-0.39, 0.29) is 6.54 Å². The molecule has 19 heavy (non-hydrogen) atoms. The highest BCUT2D eigenvalue weighted by Crippen LogP contribution is 2.11. The molecule has 106 valence electrons. The maximum absolute atomic E-state index is 12.0. The molecule has 1 atom stereocenters. The van der Waals surface area contributed by atoms with E-state index in [0.717, 1.165) is 4.90 Å². The Hall–Kier alpha value is -2.12. The molecule has 4 amide bonds. The number of carboxylic acid groups (broad SMARTS) is 1. The van der Waals surface area contributed by atoms with Crippen LogP contribution < -0.4 is 10.6 Å². The molecule has 0 saturated carbocycles. The van der Waals surface area contributed by atoms with Crippen molar-refractivity contribution in [2.24, 2.45) is 0 Å². The minimum Gasteiger partial charge on any atom is -0.480 e. The van der Waals surface area contributed by atoms with Gasteiger partial charge in [0.1, 0.15) is 18.1 Å². The van der Waals surface area contributed by atoms with E-state index in [1.807, 2.05) is 0 Å². The monoisotopic (exact) mass is 271 g/mol. The van der Waals surface area contributed by atoms with Crippen molar-refractivity contribution in [3.05, 3.63) is 0 Å². The molecule has 8 nitrogen and oxygen atoms in total. The third-order valence-electron chi connectivity index (χ3n) is 2.86. The van der Waals surface area contributed by atoms with Crippen LogP contribution in [0.15, 0.2) is 0 Å². The Morgan fingerprint density at radius 1 is 1.47 bits per heavy atom. The number of imide groups is 1. The highest BCUT2D eigenvalue weighted by molar-refractivity contribution is 6.04. The van der Waals surface area contributed by atoms with Crippen molar-refractivity contribution in [1.29, 1.82) is 0 Å². The number of amides is 4. The number of aliphatic carboxylic acids is 1. The second kappa shape index (κ2) is 5.25. The van der Waals surface area contributed by atoms with E-state index in [4.69, 9.17) is 5.11 Å². The third-order valence-corrected chi connectivity index (χ3v) is 2.86. The van der Waals surface area contributed by atoms with Crippen molar-refractivity contribution in [1.82, 2.24) is 15.5 Å². The summed E-state index contributed by atoms with van der Waals surface area (Å²) >= 11 is 0. The van der Waals surface area contributed by atoms with Gasteiger partial charge in [0.25, 0.3) is 0 Å². The quantitative estimate of drug-likeness (QED) is 0.587. The van der Waals surface area contributed by atoms with Gasteiger partial charge in [-0.05, 0) is 20.3 Å². The summed E-state index contributed by atoms with van der Waals surface area (Å²) in [5.74, 6) is -2.35. The van der Waals surface area contributed by atoms with E-state index < -0.39 is 35.4 Å². The van der Waals surface area contributed by atoms with Gasteiger partial charge in [0, 0.05) is 0 Å². The van der Waals surface area contributed by atoms with E-state index in [1.54, 1.807) is 6.92 Å². The van der Waals surface area contributed by atoms with E-state index >= 15 is 0 Å². The first-order valence-electron chi connectivity index (χ1n) is 5.85. The minimum absolute atomic E-state index is 0.272. The molecule has 1 aliphatic rings. The fourth-order valence-corrected chi connectivity index (χ4v) is 1.68. The van der Waals surface area contributed by atoms with Gasteiger partial charge < -0.3 is 15.3 Å². The smallest absolute Gasteiger partial charge is 0.328 e. The average molecular weight is 271 g/mol. The predicted molar refractivity (Wildman–Crippen MR) is 64.2 cm³/mol. The van der Waals surface area contributed by atoms with Crippen molar-refractivity contribution in [2.75, 3.05) is 6.54 Å². The topological polar surface area (TPSA) is 116 Å². The van der Waals surface area contributed by atoms with Crippen LogP contribution in [0.5, 0.6) is 0 Å². The van der Waals surface area contributed by atoms with Crippen LogP contribution in [0.1, 0.15) is 27.2 Å². The summed E-state index contributed by atoms with van der Waals surface area (Å²) in [6.45, 7) is 4.06. The second-order valence-corrected chi connectivity index (χ2v) is 4.82. The summed E-state index contributed by atoms with van der Waals surface area (Å²) in [6.07, 6.45) is 0.333. The van der Waals surface area contributed by atoms with Gasteiger partial charge in [0.15, 0.2) is 0 Å². The molecule has 1 heterocycles. The molecule has 3 N–H and O–H groups in total. The standard InChI is InChI=1S/C11H17N3O5/c1-4-6-8(16)12-7(15)5-14(6)10(19)13-11(2,3)9(17)18/h6H,4-5H2,1-3H3,(H,13,19)(H,17,18)(H,12,15,16). The van der Waals surface area contributed by atoms with Crippen molar-refractivity contribution in [3.8, 4) is 0 Å². The largest absolute Gasteiger partial charge is 0.480 e. The number of nitrogens with zero attached hydrogens (tertiary/aromatic N) is 1. The highest BCUT2D eigenvalue weighted by Gasteiger charge is 2.38. The second-order valence-electron chi connectivity index (χ2n) is 4.82. The van der Waals surface area contributed by atoms with Gasteiger partial charge in [0.05, 0.1) is 0 Å².